The lowest BCUT2D eigenvalue weighted by molar-refractivity contribution is 0.722. The van der Waals surface area contributed by atoms with Gasteiger partial charge in [-0.05, 0) is 44.7 Å². The van der Waals surface area contributed by atoms with Crippen LogP contribution >= 0.6 is 0 Å². The molecule has 3 nitrogen and oxygen atoms in total. The molecule has 0 aromatic carbocycles. The molecule has 1 unspecified atom stereocenters. The molecule has 2 N–H and O–H groups in total. The standard InChI is InChI=1S/C13H21N3/c1-3-16(12-6-7-12)13-11(9-10(2)14)5-4-8-15-13/h4-5,8,10,12H,3,6-7,9,14H2,1-2H3. The molecule has 0 aliphatic heterocycles. The molecule has 0 spiro atoms. The van der Waals surface area contributed by atoms with E-state index in [0.29, 0.717) is 6.04 Å². The maximum Gasteiger partial charge on any atom is 0.131 e. The fourth-order valence-corrected chi connectivity index (χ4v) is 2.16. The van der Waals surface area contributed by atoms with Gasteiger partial charge in [-0.2, -0.15) is 0 Å². The van der Waals surface area contributed by atoms with Crippen molar-refractivity contribution >= 4 is 5.82 Å². The maximum absolute atomic E-state index is 5.88. The van der Waals surface area contributed by atoms with E-state index in [1.165, 1.54) is 18.4 Å². The van der Waals surface area contributed by atoms with Gasteiger partial charge in [0.1, 0.15) is 5.82 Å². The Kier molecular flexibility index (Phi) is 3.44. The first-order valence-corrected chi connectivity index (χ1v) is 6.18. The van der Waals surface area contributed by atoms with Gasteiger partial charge in [0, 0.05) is 24.8 Å². The Labute approximate surface area is 97.7 Å². The fourth-order valence-electron chi connectivity index (χ4n) is 2.16. The van der Waals surface area contributed by atoms with Crippen LogP contribution in [0.15, 0.2) is 18.3 Å². The lowest BCUT2D eigenvalue weighted by Gasteiger charge is -2.24. The Hall–Kier alpha value is -1.09. The van der Waals surface area contributed by atoms with Gasteiger partial charge in [-0.15, -0.1) is 0 Å². The molecule has 1 aliphatic carbocycles. The Bertz CT molecular complexity index is 345. The van der Waals surface area contributed by atoms with Crippen LogP contribution in [-0.2, 0) is 6.42 Å². The minimum atomic E-state index is 0.195. The highest BCUT2D eigenvalue weighted by atomic mass is 15.2. The van der Waals surface area contributed by atoms with Gasteiger partial charge in [-0.3, -0.25) is 0 Å². The fraction of sp³-hybridized carbons (Fsp3) is 0.615. The summed E-state index contributed by atoms with van der Waals surface area (Å²) in [4.78, 5) is 6.95. The lowest BCUT2D eigenvalue weighted by atomic mass is 10.1. The third kappa shape index (κ3) is 2.53. The zero-order valence-corrected chi connectivity index (χ0v) is 10.2. The van der Waals surface area contributed by atoms with E-state index in [-0.39, 0.29) is 6.04 Å². The largest absolute Gasteiger partial charge is 0.354 e. The second-order valence-electron chi connectivity index (χ2n) is 4.68. The van der Waals surface area contributed by atoms with E-state index in [4.69, 9.17) is 5.73 Å². The van der Waals surface area contributed by atoms with Crippen LogP contribution in [0.25, 0.3) is 0 Å². The molecule has 2 rings (SSSR count). The molecule has 0 saturated heterocycles. The maximum atomic E-state index is 5.88. The first-order chi connectivity index (χ1) is 7.72. The molecular weight excluding hydrogens is 198 g/mol. The van der Waals surface area contributed by atoms with Crippen molar-refractivity contribution in [2.24, 2.45) is 5.73 Å². The smallest absolute Gasteiger partial charge is 0.131 e. The number of nitrogens with two attached hydrogens (primary N) is 1. The quantitative estimate of drug-likeness (QED) is 0.823. The molecule has 1 atom stereocenters. The summed E-state index contributed by atoms with van der Waals surface area (Å²) >= 11 is 0. The van der Waals surface area contributed by atoms with Crippen LogP contribution in [0.2, 0.25) is 0 Å². The lowest BCUT2D eigenvalue weighted by Crippen LogP contribution is -2.28. The van der Waals surface area contributed by atoms with Crippen LogP contribution in [0.3, 0.4) is 0 Å². The van der Waals surface area contributed by atoms with E-state index in [1.54, 1.807) is 0 Å². The van der Waals surface area contributed by atoms with E-state index >= 15 is 0 Å². The van der Waals surface area contributed by atoms with Crippen molar-refractivity contribution in [1.82, 2.24) is 4.98 Å². The van der Waals surface area contributed by atoms with Gasteiger partial charge >= 0.3 is 0 Å². The number of nitrogens with zero attached hydrogens (tertiary/aromatic N) is 2. The van der Waals surface area contributed by atoms with Crippen LogP contribution < -0.4 is 10.6 Å². The Balaban J connectivity index is 2.23. The number of rotatable bonds is 5. The van der Waals surface area contributed by atoms with Crippen LogP contribution in [0.1, 0.15) is 32.3 Å². The molecule has 3 heteroatoms. The highest BCUT2D eigenvalue weighted by Gasteiger charge is 2.29. The molecular formula is C13H21N3. The van der Waals surface area contributed by atoms with Crippen LogP contribution in [0.5, 0.6) is 0 Å². The topological polar surface area (TPSA) is 42.2 Å². The number of pyridine rings is 1. The predicted molar refractivity (Wildman–Crippen MR) is 67.6 cm³/mol. The number of anilines is 1. The van der Waals surface area contributed by atoms with Crippen molar-refractivity contribution in [3.05, 3.63) is 23.9 Å². The average Bonchev–Trinajstić information content (AvgIpc) is 3.05. The zero-order valence-electron chi connectivity index (χ0n) is 10.2. The summed E-state index contributed by atoms with van der Waals surface area (Å²) < 4.78 is 0. The molecule has 1 aliphatic rings. The van der Waals surface area contributed by atoms with Crippen molar-refractivity contribution in [1.29, 1.82) is 0 Å². The second kappa shape index (κ2) is 4.83. The summed E-state index contributed by atoms with van der Waals surface area (Å²) in [6.07, 6.45) is 5.40. The summed E-state index contributed by atoms with van der Waals surface area (Å²) in [7, 11) is 0. The summed E-state index contributed by atoms with van der Waals surface area (Å²) in [6.45, 7) is 5.28. The van der Waals surface area contributed by atoms with Crippen molar-refractivity contribution in [3.63, 3.8) is 0 Å². The molecule has 1 aromatic heterocycles. The van der Waals surface area contributed by atoms with E-state index in [9.17, 15) is 0 Å². The van der Waals surface area contributed by atoms with Crippen LogP contribution in [0, 0.1) is 0 Å². The first-order valence-electron chi connectivity index (χ1n) is 6.18. The van der Waals surface area contributed by atoms with Gasteiger partial charge in [0.15, 0.2) is 0 Å². The van der Waals surface area contributed by atoms with Crippen molar-refractivity contribution in [2.75, 3.05) is 11.4 Å². The average molecular weight is 219 g/mol. The van der Waals surface area contributed by atoms with Gasteiger partial charge in [0.25, 0.3) is 0 Å². The van der Waals surface area contributed by atoms with Gasteiger partial charge in [-0.25, -0.2) is 4.98 Å². The molecule has 1 heterocycles. The highest BCUT2D eigenvalue weighted by molar-refractivity contribution is 5.49. The zero-order chi connectivity index (χ0) is 11.5. The molecule has 88 valence electrons. The minimum Gasteiger partial charge on any atom is -0.354 e. The number of hydrogen-bond acceptors (Lipinski definition) is 3. The van der Waals surface area contributed by atoms with Crippen LogP contribution in [-0.4, -0.2) is 23.6 Å². The SMILES string of the molecule is CCN(c1ncccc1CC(C)N)C1CC1. The van der Waals surface area contributed by atoms with E-state index < -0.39 is 0 Å². The third-order valence-corrected chi connectivity index (χ3v) is 3.01. The Morgan fingerprint density at radius 2 is 2.31 bits per heavy atom. The Morgan fingerprint density at radius 3 is 2.88 bits per heavy atom. The molecule has 16 heavy (non-hydrogen) atoms. The summed E-state index contributed by atoms with van der Waals surface area (Å²) in [5, 5.41) is 0. The number of hydrogen-bond donors (Lipinski definition) is 1. The predicted octanol–water partition coefficient (Wildman–Crippen LogP) is 1.96. The molecule has 0 bridgehead atoms. The molecule has 0 amide bonds. The van der Waals surface area contributed by atoms with Crippen LogP contribution in [0.4, 0.5) is 5.82 Å². The number of aromatic nitrogens is 1. The van der Waals surface area contributed by atoms with Gasteiger partial charge in [-0.1, -0.05) is 6.07 Å². The normalized spacial score (nSPS) is 17.2. The third-order valence-electron chi connectivity index (χ3n) is 3.01. The minimum absolute atomic E-state index is 0.195. The summed E-state index contributed by atoms with van der Waals surface area (Å²) in [6, 6.07) is 5.06. The first kappa shape index (κ1) is 11.4. The highest BCUT2D eigenvalue weighted by Crippen LogP contribution is 2.32. The Morgan fingerprint density at radius 1 is 1.56 bits per heavy atom. The van der Waals surface area contributed by atoms with E-state index in [1.807, 2.05) is 19.2 Å². The van der Waals surface area contributed by atoms with Crippen molar-refractivity contribution in [3.8, 4) is 0 Å². The van der Waals surface area contributed by atoms with Gasteiger partial charge in [0.05, 0.1) is 0 Å². The monoisotopic (exact) mass is 219 g/mol. The van der Waals surface area contributed by atoms with Gasteiger partial charge < -0.3 is 10.6 Å². The second-order valence-corrected chi connectivity index (χ2v) is 4.68. The van der Waals surface area contributed by atoms with E-state index in [0.717, 1.165) is 18.8 Å². The molecule has 1 aromatic rings. The molecule has 1 saturated carbocycles. The van der Waals surface area contributed by atoms with Gasteiger partial charge in [0.2, 0.25) is 0 Å². The summed E-state index contributed by atoms with van der Waals surface area (Å²) in [5.74, 6) is 1.14. The van der Waals surface area contributed by atoms with Crippen molar-refractivity contribution in [2.45, 2.75) is 45.2 Å². The summed E-state index contributed by atoms with van der Waals surface area (Å²) in [5.41, 5.74) is 7.16. The van der Waals surface area contributed by atoms with E-state index in [2.05, 4.69) is 22.9 Å². The van der Waals surface area contributed by atoms with Crippen molar-refractivity contribution < 1.29 is 0 Å². The molecule has 1 fully saturated rings. The molecule has 0 radical (unpaired) electrons.